The zero-order valence-corrected chi connectivity index (χ0v) is 29.0. The molecule has 0 aromatic carbocycles. The van der Waals surface area contributed by atoms with E-state index >= 15 is 0 Å². The van der Waals surface area contributed by atoms with Crippen LogP contribution in [0.1, 0.15) is 41.0 Å². The number of aliphatic hydroxyl groups is 7. The molecule has 2 saturated carbocycles. The molecule has 16 atom stereocenters. The second kappa shape index (κ2) is 12.6. The van der Waals surface area contributed by atoms with Crippen LogP contribution in [-0.2, 0) is 47.6 Å². The summed E-state index contributed by atoms with van der Waals surface area (Å²) in [6, 6.07) is 0. The van der Waals surface area contributed by atoms with Crippen molar-refractivity contribution in [2.45, 2.75) is 107 Å². The third-order valence-electron chi connectivity index (χ3n) is 12.5. The minimum atomic E-state index is -2.40. The fourth-order valence-electron chi connectivity index (χ4n) is 9.69. The predicted molar refractivity (Wildman–Crippen MR) is 165 cm³/mol. The van der Waals surface area contributed by atoms with Crippen molar-refractivity contribution in [3.63, 3.8) is 0 Å². The van der Waals surface area contributed by atoms with E-state index < -0.39 is 131 Å². The number of carbonyl (C=O) groups excluding carboxylic acids is 4. The Balaban J connectivity index is 1.47. The Kier molecular flexibility index (Phi) is 9.29. The largest absolute Gasteiger partial charge is 0.467 e. The lowest BCUT2D eigenvalue weighted by atomic mass is 9.38. The summed E-state index contributed by atoms with van der Waals surface area (Å²) in [4.78, 5) is 54.5. The van der Waals surface area contributed by atoms with Gasteiger partial charge in [0.15, 0.2) is 11.5 Å². The van der Waals surface area contributed by atoms with Crippen molar-refractivity contribution in [1.29, 1.82) is 0 Å². The highest BCUT2D eigenvalue weighted by Crippen LogP contribution is 2.72. The molecule has 51 heavy (non-hydrogen) atoms. The SMILES string of the molecule is COC(=O)[C@]12OC[C@]34[C@H]([C@@H](O)[C@@H]1O)[C@@]1(C)C=C(O[C@@H]5O[C@H](CO)[C@@H](O)[C@H](O)[C@H]5O)C(=O)[C@@H](C)[C@@H]1C[C@H]3OC(=O)[C@H](OC(=O)/C=C(\C)C(C)(C)O)[C@@H]24. The number of esters is 3. The minimum absolute atomic E-state index is 0.00772. The van der Waals surface area contributed by atoms with Gasteiger partial charge in [0.1, 0.15) is 36.6 Å². The molecular weight excluding hydrogens is 680 g/mol. The van der Waals surface area contributed by atoms with E-state index in [1.54, 1.807) is 13.8 Å². The van der Waals surface area contributed by atoms with Crippen molar-refractivity contribution >= 4 is 23.7 Å². The number of fused-ring (bicyclic) bond motifs is 2. The summed E-state index contributed by atoms with van der Waals surface area (Å²) in [6.07, 6.45) is -12.8. The number of aliphatic hydroxyl groups excluding tert-OH is 6. The number of methoxy groups -OCH3 is 1. The average molecular weight is 727 g/mol. The van der Waals surface area contributed by atoms with Gasteiger partial charge in [0.25, 0.3) is 0 Å². The molecule has 17 nitrogen and oxygen atoms in total. The summed E-state index contributed by atoms with van der Waals surface area (Å²) in [7, 11) is 1.03. The van der Waals surface area contributed by atoms with E-state index in [1.165, 1.54) is 26.8 Å². The quantitative estimate of drug-likeness (QED) is 0.0804. The number of hydrogen-bond acceptors (Lipinski definition) is 17. The standard InChI is InChI=1S/C34H46O17/c1-12(31(3,4)45)7-18(36)51-24-26-33-11-47-34(26,30(44)46-6)27(42)23(41)25(33)32(5)9-15(19(37)13(2)14(32)8-17(33)50-28(24)43)48-29-22(40)21(39)20(38)16(10-35)49-29/h7,9,13-14,16-17,20-27,29,35,38-42,45H,8,10-11H2,1-6H3/b12-7+/t13-,14-,16+,17+,20+,21-,22+,23+,24+,25+,26+,27-,29+,32-,33+,34+/m0/s1. The zero-order chi connectivity index (χ0) is 37.7. The van der Waals surface area contributed by atoms with Gasteiger partial charge in [0, 0.05) is 23.3 Å². The van der Waals surface area contributed by atoms with Gasteiger partial charge in [0.2, 0.25) is 18.0 Å². The first-order valence-electron chi connectivity index (χ1n) is 16.9. The van der Waals surface area contributed by atoms with E-state index in [-0.39, 0.29) is 24.4 Å². The molecule has 5 fully saturated rings. The molecule has 2 bridgehead atoms. The van der Waals surface area contributed by atoms with Crippen molar-refractivity contribution in [2.75, 3.05) is 20.3 Å². The summed E-state index contributed by atoms with van der Waals surface area (Å²) in [5, 5.41) is 75.2. The van der Waals surface area contributed by atoms with Crippen LogP contribution in [0.3, 0.4) is 0 Å². The fourth-order valence-corrected chi connectivity index (χ4v) is 9.69. The van der Waals surface area contributed by atoms with Gasteiger partial charge in [-0.2, -0.15) is 0 Å². The molecule has 3 saturated heterocycles. The topological polar surface area (TPSA) is 265 Å². The van der Waals surface area contributed by atoms with Gasteiger partial charge in [-0.05, 0) is 50.2 Å². The van der Waals surface area contributed by atoms with Gasteiger partial charge in [-0.15, -0.1) is 0 Å². The van der Waals surface area contributed by atoms with Gasteiger partial charge < -0.3 is 64.2 Å². The number of ether oxygens (including phenoxy) is 6. The third kappa shape index (κ3) is 5.22. The third-order valence-corrected chi connectivity index (χ3v) is 12.5. The van der Waals surface area contributed by atoms with Crippen LogP contribution in [-0.4, -0.2) is 146 Å². The van der Waals surface area contributed by atoms with Crippen LogP contribution in [0.5, 0.6) is 0 Å². The summed E-state index contributed by atoms with van der Waals surface area (Å²) >= 11 is 0. The highest BCUT2D eigenvalue weighted by Gasteiger charge is 2.85. The van der Waals surface area contributed by atoms with Crippen LogP contribution in [0.25, 0.3) is 0 Å². The van der Waals surface area contributed by atoms with Crippen molar-refractivity contribution < 1.29 is 83.3 Å². The van der Waals surface area contributed by atoms with Crippen molar-refractivity contribution in [2.24, 2.45) is 34.5 Å². The number of ketones is 1. The van der Waals surface area contributed by atoms with Gasteiger partial charge >= 0.3 is 17.9 Å². The van der Waals surface area contributed by atoms with Gasteiger partial charge in [-0.1, -0.05) is 13.8 Å². The molecule has 3 heterocycles. The molecule has 0 unspecified atom stereocenters. The van der Waals surface area contributed by atoms with E-state index in [2.05, 4.69) is 0 Å². The summed E-state index contributed by atoms with van der Waals surface area (Å²) in [6.45, 7) is 6.50. The Labute approximate surface area is 292 Å². The van der Waals surface area contributed by atoms with Crippen LogP contribution in [0, 0.1) is 34.5 Å². The molecule has 0 radical (unpaired) electrons. The number of hydrogen-bond donors (Lipinski definition) is 7. The second-order valence-electron chi connectivity index (χ2n) is 15.4. The maximum atomic E-state index is 13.8. The van der Waals surface area contributed by atoms with Crippen LogP contribution >= 0.6 is 0 Å². The monoisotopic (exact) mass is 726 g/mol. The molecule has 17 heteroatoms. The van der Waals surface area contributed by atoms with E-state index in [0.29, 0.717) is 0 Å². The Morgan fingerprint density at radius 2 is 1.73 bits per heavy atom. The predicted octanol–water partition coefficient (Wildman–Crippen LogP) is -2.62. The van der Waals surface area contributed by atoms with Crippen LogP contribution in [0.15, 0.2) is 23.5 Å². The number of carbonyl (C=O) groups is 4. The lowest BCUT2D eigenvalue weighted by Crippen LogP contribution is -2.79. The summed E-state index contributed by atoms with van der Waals surface area (Å²) in [5.41, 5.74) is -6.49. The lowest BCUT2D eigenvalue weighted by Gasteiger charge is -2.67. The smallest absolute Gasteiger partial charge is 0.348 e. The highest BCUT2D eigenvalue weighted by atomic mass is 16.7. The van der Waals surface area contributed by atoms with Gasteiger partial charge in [-0.3, -0.25) is 4.79 Å². The number of Topliss-reactive ketones (excluding diaryl/α,β-unsaturated/α-hetero) is 1. The number of allylic oxidation sites excluding steroid dienone is 2. The normalized spacial score (nSPS) is 47.7. The molecule has 0 amide bonds. The van der Waals surface area contributed by atoms with E-state index in [0.717, 1.165) is 13.2 Å². The average Bonchev–Trinajstić information content (AvgIpc) is 3.37. The van der Waals surface area contributed by atoms with E-state index in [1.807, 2.05) is 0 Å². The Hall–Kier alpha value is -3.00. The van der Waals surface area contributed by atoms with E-state index in [4.69, 9.17) is 28.4 Å². The molecule has 6 aliphatic rings. The molecule has 3 aliphatic heterocycles. The fraction of sp³-hybridized carbons (Fsp3) is 0.765. The first kappa shape index (κ1) is 37.7. The molecule has 0 aromatic rings. The second-order valence-corrected chi connectivity index (χ2v) is 15.4. The Morgan fingerprint density at radius 1 is 1.06 bits per heavy atom. The number of rotatable bonds is 7. The van der Waals surface area contributed by atoms with Gasteiger partial charge in [-0.25, -0.2) is 14.4 Å². The van der Waals surface area contributed by atoms with Crippen LogP contribution in [0.4, 0.5) is 0 Å². The first-order chi connectivity index (χ1) is 23.7. The molecular formula is C34H46O17. The molecule has 6 rings (SSSR count). The van der Waals surface area contributed by atoms with Crippen molar-refractivity contribution in [3.05, 3.63) is 23.5 Å². The molecule has 7 N–H and O–H groups in total. The maximum Gasteiger partial charge on any atom is 0.348 e. The van der Waals surface area contributed by atoms with Crippen LogP contribution < -0.4 is 0 Å². The van der Waals surface area contributed by atoms with E-state index in [9.17, 15) is 54.9 Å². The minimum Gasteiger partial charge on any atom is -0.467 e. The molecule has 0 aromatic heterocycles. The Morgan fingerprint density at radius 3 is 2.33 bits per heavy atom. The van der Waals surface area contributed by atoms with Crippen molar-refractivity contribution in [3.8, 4) is 0 Å². The zero-order valence-electron chi connectivity index (χ0n) is 29.0. The molecule has 1 spiro atoms. The van der Waals surface area contributed by atoms with Gasteiger partial charge in [0.05, 0.1) is 37.9 Å². The summed E-state index contributed by atoms with van der Waals surface area (Å²) < 4.78 is 34.2. The lowest BCUT2D eigenvalue weighted by molar-refractivity contribution is -0.296. The Bertz CT molecular complexity index is 1530. The first-order valence-corrected chi connectivity index (χ1v) is 16.9. The highest BCUT2D eigenvalue weighted by molar-refractivity contribution is 5.97. The molecule has 284 valence electrons. The maximum absolute atomic E-state index is 13.8. The van der Waals surface area contributed by atoms with Crippen molar-refractivity contribution in [1.82, 2.24) is 0 Å². The summed E-state index contributed by atoms with van der Waals surface area (Å²) in [5.74, 6) is -8.35. The molecule has 3 aliphatic carbocycles. The van der Waals surface area contributed by atoms with Crippen LogP contribution in [0.2, 0.25) is 0 Å².